The molecule has 5 nitrogen and oxygen atoms in total. The van der Waals surface area contributed by atoms with E-state index in [0.29, 0.717) is 23.1 Å². The van der Waals surface area contributed by atoms with Crippen LogP contribution in [-0.2, 0) is 6.54 Å². The number of carbonyl (C=O) groups excluding carboxylic acids is 1. The van der Waals surface area contributed by atoms with Crippen LogP contribution in [0.2, 0.25) is 5.02 Å². The van der Waals surface area contributed by atoms with E-state index in [9.17, 15) is 4.79 Å². The minimum absolute atomic E-state index is 0.248. The third-order valence-corrected chi connectivity index (χ3v) is 4.08. The number of pyridine rings is 1. The van der Waals surface area contributed by atoms with Gasteiger partial charge in [0, 0.05) is 22.5 Å². The molecule has 0 aliphatic heterocycles. The average molecular weight is 379 g/mol. The molecule has 0 unspecified atom stereocenters. The fraction of sp³-hybridized carbons (Fsp3) is 0.0952. The van der Waals surface area contributed by atoms with Crippen molar-refractivity contribution in [3.05, 3.63) is 94.8 Å². The molecule has 0 spiro atoms. The summed E-state index contributed by atoms with van der Waals surface area (Å²) >= 11 is 6.10. The lowest BCUT2D eigenvalue weighted by atomic mass is 10.2. The maximum absolute atomic E-state index is 12.5. The van der Waals surface area contributed by atoms with Gasteiger partial charge in [0.1, 0.15) is 0 Å². The van der Waals surface area contributed by atoms with E-state index in [1.807, 2.05) is 55.5 Å². The maximum atomic E-state index is 12.5. The van der Waals surface area contributed by atoms with Crippen molar-refractivity contribution >= 4 is 29.2 Å². The van der Waals surface area contributed by atoms with Crippen molar-refractivity contribution in [2.24, 2.45) is 4.99 Å². The second-order valence-corrected chi connectivity index (χ2v) is 6.33. The molecule has 27 heavy (non-hydrogen) atoms. The Morgan fingerprint density at radius 2 is 1.85 bits per heavy atom. The summed E-state index contributed by atoms with van der Waals surface area (Å²) in [5, 5.41) is 6.59. The Hall–Kier alpha value is -3.18. The van der Waals surface area contributed by atoms with Gasteiger partial charge in [0.25, 0.3) is 5.91 Å². The lowest BCUT2D eigenvalue weighted by Gasteiger charge is -2.14. The third kappa shape index (κ3) is 5.39. The van der Waals surface area contributed by atoms with Crippen LogP contribution >= 0.6 is 11.6 Å². The van der Waals surface area contributed by atoms with Gasteiger partial charge in [0.15, 0.2) is 0 Å². The minimum Gasteiger partial charge on any atom is -0.326 e. The summed E-state index contributed by atoms with van der Waals surface area (Å²) in [7, 11) is 0. The molecule has 0 saturated carbocycles. The summed E-state index contributed by atoms with van der Waals surface area (Å²) < 4.78 is 0. The van der Waals surface area contributed by atoms with E-state index in [1.54, 1.807) is 24.4 Å². The first-order valence-electron chi connectivity index (χ1n) is 8.46. The summed E-state index contributed by atoms with van der Waals surface area (Å²) in [5.41, 5.74) is 3.11. The Morgan fingerprint density at radius 3 is 2.59 bits per heavy atom. The van der Waals surface area contributed by atoms with Crippen LogP contribution in [0.1, 0.15) is 21.6 Å². The molecule has 1 aromatic heterocycles. The molecule has 0 fully saturated rings. The van der Waals surface area contributed by atoms with E-state index >= 15 is 0 Å². The molecule has 0 aliphatic rings. The number of hydrogen-bond acceptors (Lipinski definition) is 3. The van der Waals surface area contributed by atoms with Gasteiger partial charge in [0.05, 0.1) is 12.2 Å². The topological polar surface area (TPSA) is 66.4 Å². The third-order valence-electron chi connectivity index (χ3n) is 3.85. The standard InChI is InChI=1S/C21H19ClN4O/c1-15-10-11-17(22)13-19(15)25-21(24-14-18-9-5-6-12-23-18)26-20(27)16-7-3-2-4-8-16/h2-13H,14H2,1H3,(H2,24,25,26,27). The van der Waals surface area contributed by atoms with Gasteiger partial charge in [-0.05, 0) is 48.9 Å². The molecule has 3 rings (SSSR count). The Kier molecular flexibility index (Phi) is 6.18. The van der Waals surface area contributed by atoms with Crippen LogP contribution in [0.4, 0.5) is 5.69 Å². The second kappa shape index (κ2) is 8.96. The van der Waals surface area contributed by atoms with Crippen molar-refractivity contribution < 1.29 is 4.79 Å². The van der Waals surface area contributed by atoms with Gasteiger partial charge in [-0.3, -0.25) is 15.1 Å². The fourth-order valence-electron chi connectivity index (χ4n) is 2.39. The number of rotatable bonds is 4. The number of amides is 1. The summed E-state index contributed by atoms with van der Waals surface area (Å²) in [6.07, 6.45) is 1.71. The molecule has 1 amide bonds. The Bertz CT molecular complexity index is 943. The lowest BCUT2D eigenvalue weighted by Crippen LogP contribution is -2.36. The quantitative estimate of drug-likeness (QED) is 0.521. The number of nitrogens with zero attached hydrogens (tertiary/aromatic N) is 2. The fourth-order valence-corrected chi connectivity index (χ4v) is 2.56. The number of aryl methyl sites for hydroxylation is 1. The first kappa shape index (κ1) is 18.6. The zero-order chi connectivity index (χ0) is 19.1. The largest absolute Gasteiger partial charge is 0.326 e. The number of aromatic nitrogens is 1. The van der Waals surface area contributed by atoms with Crippen LogP contribution in [0.5, 0.6) is 0 Å². The molecular weight excluding hydrogens is 360 g/mol. The van der Waals surface area contributed by atoms with Crippen LogP contribution < -0.4 is 10.6 Å². The van der Waals surface area contributed by atoms with E-state index < -0.39 is 0 Å². The molecule has 0 radical (unpaired) electrons. The highest BCUT2D eigenvalue weighted by atomic mass is 35.5. The first-order chi connectivity index (χ1) is 13.1. The Labute approximate surface area is 163 Å². The molecule has 2 N–H and O–H groups in total. The van der Waals surface area contributed by atoms with Crippen LogP contribution in [0.25, 0.3) is 0 Å². The lowest BCUT2D eigenvalue weighted by molar-refractivity contribution is 0.0977. The monoisotopic (exact) mass is 378 g/mol. The molecule has 3 aromatic rings. The van der Waals surface area contributed by atoms with Gasteiger partial charge in [-0.15, -0.1) is 0 Å². The Balaban J connectivity index is 1.83. The number of anilines is 1. The molecule has 0 aliphatic carbocycles. The molecule has 6 heteroatoms. The molecule has 0 bridgehead atoms. The van der Waals surface area contributed by atoms with Crippen LogP contribution in [0.3, 0.4) is 0 Å². The van der Waals surface area contributed by atoms with Gasteiger partial charge >= 0.3 is 0 Å². The molecule has 1 heterocycles. The van der Waals surface area contributed by atoms with E-state index in [4.69, 9.17) is 11.6 Å². The zero-order valence-corrected chi connectivity index (χ0v) is 15.6. The summed E-state index contributed by atoms with van der Waals surface area (Å²) in [5.74, 6) is 0.0856. The normalized spacial score (nSPS) is 11.1. The van der Waals surface area contributed by atoms with Gasteiger partial charge in [-0.2, -0.15) is 0 Å². The SMILES string of the molecule is Cc1ccc(Cl)cc1NC(=NCc1ccccn1)NC(=O)c1ccccc1. The van der Waals surface area contributed by atoms with Crippen molar-refractivity contribution in [3.63, 3.8) is 0 Å². The summed E-state index contributed by atoms with van der Waals surface area (Å²) in [6, 6.07) is 20.1. The summed E-state index contributed by atoms with van der Waals surface area (Å²) in [6.45, 7) is 2.28. The van der Waals surface area contributed by atoms with E-state index in [1.165, 1.54) is 0 Å². The number of guanidine groups is 1. The Morgan fingerprint density at radius 1 is 1.07 bits per heavy atom. The van der Waals surface area contributed by atoms with Gasteiger partial charge in [0.2, 0.25) is 5.96 Å². The molecule has 136 valence electrons. The maximum Gasteiger partial charge on any atom is 0.257 e. The number of halogens is 1. The predicted octanol–water partition coefficient (Wildman–Crippen LogP) is 4.44. The van der Waals surface area contributed by atoms with E-state index in [2.05, 4.69) is 20.6 Å². The van der Waals surface area contributed by atoms with Crippen molar-refractivity contribution in [2.75, 3.05) is 5.32 Å². The number of aliphatic imine (C=N–C) groups is 1. The number of carbonyl (C=O) groups is 1. The van der Waals surface area contributed by atoms with Crippen molar-refractivity contribution in [1.29, 1.82) is 0 Å². The number of benzene rings is 2. The van der Waals surface area contributed by atoms with Crippen LogP contribution in [-0.4, -0.2) is 16.9 Å². The predicted molar refractivity (Wildman–Crippen MR) is 109 cm³/mol. The highest BCUT2D eigenvalue weighted by molar-refractivity contribution is 6.31. The number of nitrogens with one attached hydrogen (secondary N) is 2. The highest BCUT2D eigenvalue weighted by Crippen LogP contribution is 2.20. The summed E-state index contributed by atoms with van der Waals surface area (Å²) in [4.78, 5) is 21.3. The first-order valence-corrected chi connectivity index (χ1v) is 8.83. The van der Waals surface area contributed by atoms with Gasteiger partial charge < -0.3 is 5.32 Å². The minimum atomic E-state index is -0.248. The van der Waals surface area contributed by atoms with E-state index in [0.717, 1.165) is 16.9 Å². The molecular formula is C21H19ClN4O. The van der Waals surface area contributed by atoms with Gasteiger partial charge in [-0.1, -0.05) is 41.9 Å². The van der Waals surface area contributed by atoms with Crippen LogP contribution in [0.15, 0.2) is 77.9 Å². The van der Waals surface area contributed by atoms with Crippen LogP contribution in [0, 0.1) is 6.92 Å². The van der Waals surface area contributed by atoms with Gasteiger partial charge in [-0.25, -0.2) is 4.99 Å². The van der Waals surface area contributed by atoms with E-state index in [-0.39, 0.29) is 5.91 Å². The zero-order valence-electron chi connectivity index (χ0n) is 14.8. The molecule has 2 aromatic carbocycles. The highest BCUT2D eigenvalue weighted by Gasteiger charge is 2.10. The molecule has 0 atom stereocenters. The molecule has 0 saturated heterocycles. The van der Waals surface area contributed by atoms with Crippen molar-refractivity contribution in [2.45, 2.75) is 13.5 Å². The smallest absolute Gasteiger partial charge is 0.257 e. The van der Waals surface area contributed by atoms with Crippen molar-refractivity contribution in [3.8, 4) is 0 Å². The number of hydrogen-bond donors (Lipinski definition) is 2. The van der Waals surface area contributed by atoms with Crippen molar-refractivity contribution in [1.82, 2.24) is 10.3 Å². The second-order valence-electron chi connectivity index (χ2n) is 5.89. The average Bonchev–Trinajstić information content (AvgIpc) is 2.70.